The van der Waals surface area contributed by atoms with Crippen LogP contribution < -0.4 is 0 Å². The molecule has 73 heavy (non-hydrogen) atoms. The minimum absolute atomic E-state index is 0.00851. The topological polar surface area (TPSA) is 4.93 Å². The van der Waals surface area contributed by atoms with Crippen LogP contribution in [0, 0.1) is 5.92 Å². The van der Waals surface area contributed by atoms with Crippen LogP contribution in [0.1, 0.15) is 134 Å². The Labute approximate surface area is 432 Å². The van der Waals surface area contributed by atoms with E-state index in [4.69, 9.17) is 0 Å². The zero-order chi connectivity index (χ0) is 49.0. The molecule has 3 unspecified atom stereocenters. The molecule has 1 aromatic heterocycles. The van der Waals surface area contributed by atoms with Gasteiger partial charge in [-0.25, -0.2) is 0 Å². The number of fused-ring (bicyclic) bond motifs is 10. The first kappa shape index (κ1) is 44.2. The average molecular weight is 942 g/mol. The lowest BCUT2D eigenvalue weighted by molar-refractivity contribution is 0.606. The summed E-state index contributed by atoms with van der Waals surface area (Å²) in [6.45, 7) is 9.80. The van der Waals surface area contributed by atoms with Crippen LogP contribution in [-0.2, 0) is 17.3 Å². The molecule has 7 aromatic carbocycles. The summed E-state index contributed by atoms with van der Waals surface area (Å²) in [7, 11) is 0. The van der Waals surface area contributed by atoms with E-state index < -0.39 is 0 Å². The van der Waals surface area contributed by atoms with Gasteiger partial charge in [0.05, 0.1) is 11.0 Å². The van der Waals surface area contributed by atoms with E-state index in [1.54, 1.807) is 11.1 Å². The quantitative estimate of drug-likeness (QED) is 0.136. The Morgan fingerprint density at radius 3 is 2.10 bits per heavy atom. The number of hydrogen-bond donors (Lipinski definition) is 0. The third-order valence-corrected chi connectivity index (χ3v) is 18.2. The summed E-state index contributed by atoms with van der Waals surface area (Å²) < 4.78 is 2.44. The number of allylic oxidation sites excluding steroid dienone is 13. The summed E-state index contributed by atoms with van der Waals surface area (Å²) >= 11 is 0. The van der Waals surface area contributed by atoms with Gasteiger partial charge in [-0.05, 0) is 170 Å². The molecule has 0 N–H and O–H groups in total. The fourth-order valence-corrected chi connectivity index (χ4v) is 14.4. The van der Waals surface area contributed by atoms with Gasteiger partial charge in [-0.15, -0.1) is 0 Å². The average Bonchev–Trinajstić information content (AvgIpc) is 3.98. The first-order valence-corrected chi connectivity index (χ1v) is 27.2. The fourth-order valence-electron chi connectivity index (χ4n) is 14.4. The van der Waals surface area contributed by atoms with E-state index in [0.717, 1.165) is 38.5 Å². The molecule has 8 aromatic rings. The second-order valence-corrected chi connectivity index (χ2v) is 22.9. The number of para-hydroxylation sites is 2. The van der Waals surface area contributed by atoms with Crippen molar-refractivity contribution in [3.63, 3.8) is 0 Å². The van der Waals surface area contributed by atoms with Crippen molar-refractivity contribution in [1.82, 2.24) is 4.57 Å². The van der Waals surface area contributed by atoms with Crippen molar-refractivity contribution >= 4 is 33.0 Å². The normalized spacial score (nSPS) is 19.9. The maximum atomic E-state index is 2.60. The molecule has 0 bridgehead atoms. The highest BCUT2D eigenvalue weighted by Gasteiger charge is 2.41. The van der Waals surface area contributed by atoms with Crippen LogP contribution >= 0.6 is 0 Å². The van der Waals surface area contributed by atoms with E-state index in [9.17, 15) is 0 Å². The molecule has 6 aliphatic carbocycles. The van der Waals surface area contributed by atoms with Gasteiger partial charge in [0.1, 0.15) is 0 Å². The lowest BCUT2D eigenvalue weighted by atomic mass is 9.66. The van der Waals surface area contributed by atoms with Gasteiger partial charge in [0.15, 0.2) is 0 Å². The number of hydrogen-bond acceptors (Lipinski definition) is 0. The molecule has 0 fully saturated rings. The summed E-state index contributed by atoms with van der Waals surface area (Å²) in [5.74, 6) is 0.836. The smallest absolute Gasteiger partial charge is 0.0541 e. The molecule has 0 saturated heterocycles. The zero-order valence-corrected chi connectivity index (χ0v) is 42.8. The lowest BCUT2D eigenvalue weighted by Gasteiger charge is -2.37. The first-order chi connectivity index (χ1) is 35.7. The third kappa shape index (κ3) is 7.02. The van der Waals surface area contributed by atoms with Gasteiger partial charge in [0.2, 0.25) is 0 Å². The summed E-state index contributed by atoms with van der Waals surface area (Å²) in [5, 5.41) is 2.60. The van der Waals surface area contributed by atoms with Crippen molar-refractivity contribution < 1.29 is 0 Å². The predicted octanol–water partition coefficient (Wildman–Crippen LogP) is 18.6. The number of rotatable bonds is 9. The highest BCUT2D eigenvalue weighted by atomic mass is 15.0. The van der Waals surface area contributed by atoms with Gasteiger partial charge in [-0.1, -0.05) is 209 Å². The van der Waals surface area contributed by atoms with Crippen molar-refractivity contribution in [3.8, 4) is 16.8 Å². The van der Waals surface area contributed by atoms with Crippen molar-refractivity contribution in [2.75, 3.05) is 0 Å². The summed E-state index contributed by atoms with van der Waals surface area (Å²) in [6, 6.07) is 58.9. The maximum absolute atomic E-state index is 2.60. The van der Waals surface area contributed by atoms with Crippen LogP contribution in [0.15, 0.2) is 223 Å². The van der Waals surface area contributed by atoms with E-state index in [2.05, 4.69) is 239 Å². The van der Waals surface area contributed by atoms with Gasteiger partial charge in [-0.3, -0.25) is 0 Å². The number of benzene rings is 7. The number of nitrogens with zero attached hydrogens (tertiary/aromatic N) is 1. The Kier molecular flexibility index (Phi) is 10.3. The van der Waals surface area contributed by atoms with Crippen molar-refractivity contribution in [2.45, 2.75) is 95.3 Å². The second kappa shape index (κ2) is 17.1. The Morgan fingerprint density at radius 2 is 1.30 bits per heavy atom. The Hall–Kier alpha value is -7.48. The molecule has 0 saturated carbocycles. The largest absolute Gasteiger partial charge is 0.309 e. The van der Waals surface area contributed by atoms with Gasteiger partial charge in [-0.2, -0.15) is 0 Å². The molecule has 1 heteroatoms. The predicted molar refractivity (Wildman–Crippen MR) is 308 cm³/mol. The van der Waals surface area contributed by atoms with Gasteiger partial charge in [0.25, 0.3) is 0 Å². The Bertz CT molecular complexity index is 3770. The monoisotopic (exact) mass is 941 g/mol. The molecule has 0 amide bonds. The molecule has 3 atom stereocenters. The van der Waals surface area contributed by atoms with E-state index in [0.29, 0.717) is 5.92 Å². The molecule has 0 spiro atoms. The van der Waals surface area contributed by atoms with Gasteiger partial charge < -0.3 is 4.57 Å². The summed E-state index contributed by atoms with van der Waals surface area (Å²) in [5.41, 5.74) is 28.0. The van der Waals surface area contributed by atoms with E-state index in [1.807, 2.05) is 0 Å². The van der Waals surface area contributed by atoms with Crippen molar-refractivity contribution in [2.24, 2.45) is 5.92 Å². The molecular weight excluding hydrogens is 879 g/mol. The molecule has 6 aliphatic rings. The standard InChI is InChI=1S/C72H63N/c1-71(2)63-27-15-12-20-53(63)55-40-35-50(44-65(55)71)69-59-23-8-10-25-61(59)70(62-26-11-9-24-60(62)69)51-36-41-56-54-39-31-47(43-64(54)72(3,4)66(56)45-51)42-49(32-30-46-18-6-5-7-19-46)48-33-37-52(38-34-48)73-67-28-16-13-21-57(67)58-22-14-17-29-68(58)73/h5-6,8-11,13-18,21-29,31,33-41,43-45,49,61,70H,7,12,19-20,30,32,42H2,1-4H3. The second-order valence-electron chi connectivity index (χ2n) is 22.9. The van der Waals surface area contributed by atoms with Crippen molar-refractivity contribution in [3.05, 3.63) is 279 Å². The Morgan fingerprint density at radius 1 is 0.589 bits per heavy atom. The zero-order valence-electron chi connectivity index (χ0n) is 42.8. The molecule has 1 nitrogen and oxygen atoms in total. The van der Waals surface area contributed by atoms with Gasteiger partial charge >= 0.3 is 0 Å². The van der Waals surface area contributed by atoms with Gasteiger partial charge in [0, 0.05) is 39.1 Å². The lowest BCUT2D eigenvalue weighted by Crippen LogP contribution is -2.24. The van der Waals surface area contributed by atoms with Crippen LogP contribution in [0.25, 0.3) is 49.8 Å². The summed E-state index contributed by atoms with van der Waals surface area (Å²) in [6.07, 6.45) is 29.0. The highest BCUT2D eigenvalue weighted by Crippen LogP contribution is 2.56. The fraction of sp³-hybridized carbons (Fsp3) is 0.222. The van der Waals surface area contributed by atoms with E-state index in [-0.39, 0.29) is 22.7 Å². The van der Waals surface area contributed by atoms with Crippen LogP contribution in [0.4, 0.5) is 0 Å². The highest BCUT2D eigenvalue weighted by molar-refractivity contribution is 6.09. The first-order valence-electron chi connectivity index (χ1n) is 27.2. The molecule has 1 heterocycles. The van der Waals surface area contributed by atoms with E-state index >= 15 is 0 Å². The van der Waals surface area contributed by atoms with Crippen LogP contribution in [0.3, 0.4) is 0 Å². The minimum Gasteiger partial charge on any atom is -0.309 e. The molecule has 14 rings (SSSR count). The van der Waals surface area contributed by atoms with Crippen LogP contribution in [-0.4, -0.2) is 4.57 Å². The van der Waals surface area contributed by atoms with E-state index in [1.165, 1.54) is 117 Å². The molecule has 0 radical (unpaired) electrons. The SMILES string of the molecule is CC1(C)C2=C(CCC=C2)c2ccc(C3=C4C=CC=CC4C(c4ccc5c(c4)C(C)(C)c4cc(CC(CCC6=CC=CCC6)c6ccc(-n7c8ccccc8c8ccccc87)cc6)ccc4-5)c4ccccc43)cc21. The molecule has 0 aliphatic heterocycles. The molecule has 356 valence electrons. The van der Waals surface area contributed by atoms with Crippen LogP contribution in [0.2, 0.25) is 0 Å². The third-order valence-electron chi connectivity index (χ3n) is 18.2. The van der Waals surface area contributed by atoms with Crippen LogP contribution in [0.5, 0.6) is 0 Å². The number of aromatic nitrogens is 1. The van der Waals surface area contributed by atoms with Crippen molar-refractivity contribution in [1.29, 1.82) is 0 Å². The Balaban J connectivity index is 0.790. The molecular formula is C72H63N. The summed E-state index contributed by atoms with van der Waals surface area (Å²) in [4.78, 5) is 0. The maximum Gasteiger partial charge on any atom is 0.0541 e. The minimum atomic E-state index is -0.144.